The number of carboxylic acid groups (broad SMARTS) is 1. The Morgan fingerprint density at radius 3 is 2.83 bits per heavy atom. The lowest BCUT2D eigenvalue weighted by molar-refractivity contribution is -0.136. The molecule has 1 rings (SSSR count). The number of hydrogen-bond acceptors (Lipinski definition) is 1. The highest BCUT2D eigenvalue weighted by Crippen LogP contribution is 2.18. The minimum atomic E-state index is -0.693. The van der Waals surface area contributed by atoms with Crippen LogP contribution in [-0.2, 0) is 4.79 Å². The molecule has 1 aliphatic carbocycles. The summed E-state index contributed by atoms with van der Waals surface area (Å²) in [7, 11) is 0. The average molecular weight is 168 g/mol. The lowest BCUT2D eigenvalue weighted by Crippen LogP contribution is -1.99. The van der Waals surface area contributed by atoms with E-state index in [1.54, 1.807) is 0 Å². The topological polar surface area (TPSA) is 37.3 Å². The zero-order valence-corrected chi connectivity index (χ0v) is 7.38. The van der Waals surface area contributed by atoms with Gasteiger partial charge in [0, 0.05) is 0 Å². The van der Waals surface area contributed by atoms with Crippen LogP contribution in [0.3, 0.4) is 0 Å². The van der Waals surface area contributed by atoms with Gasteiger partial charge in [-0.3, -0.25) is 4.79 Å². The van der Waals surface area contributed by atoms with Crippen LogP contribution in [0.1, 0.15) is 44.9 Å². The van der Waals surface area contributed by atoms with E-state index < -0.39 is 5.97 Å². The third-order valence-electron chi connectivity index (χ3n) is 2.26. The Hall–Kier alpha value is -0.790. The van der Waals surface area contributed by atoms with Crippen molar-refractivity contribution in [1.29, 1.82) is 0 Å². The van der Waals surface area contributed by atoms with E-state index in [-0.39, 0.29) is 6.42 Å². The molecule has 0 heterocycles. The Morgan fingerprint density at radius 2 is 2.08 bits per heavy atom. The molecule has 0 amide bonds. The maximum absolute atomic E-state index is 10.4. The van der Waals surface area contributed by atoms with Gasteiger partial charge in [0.25, 0.3) is 0 Å². The van der Waals surface area contributed by atoms with Gasteiger partial charge in [0.1, 0.15) is 0 Å². The summed E-state index contributed by atoms with van der Waals surface area (Å²) < 4.78 is 0. The van der Waals surface area contributed by atoms with Crippen LogP contribution < -0.4 is 0 Å². The van der Waals surface area contributed by atoms with Crippen molar-refractivity contribution in [2.24, 2.45) is 0 Å². The van der Waals surface area contributed by atoms with Crippen molar-refractivity contribution in [1.82, 2.24) is 0 Å². The van der Waals surface area contributed by atoms with Gasteiger partial charge in [-0.25, -0.2) is 0 Å². The maximum Gasteiger partial charge on any atom is 0.307 e. The van der Waals surface area contributed by atoms with Gasteiger partial charge >= 0.3 is 5.97 Å². The smallest absolute Gasteiger partial charge is 0.307 e. The van der Waals surface area contributed by atoms with Gasteiger partial charge in [0.2, 0.25) is 0 Å². The van der Waals surface area contributed by atoms with Gasteiger partial charge in [0.05, 0.1) is 6.42 Å². The molecule has 0 aromatic heterocycles. The highest BCUT2D eigenvalue weighted by atomic mass is 16.4. The predicted molar refractivity (Wildman–Crippen MR) is 48.0 cm³/mol. The third-order valence-corrected chi connectivity index (χ3v) is 2.26. The summed E-state index contributed by atoms with van der Waals surface area (Å²) in [5.74, 6) is -0.693. The van der Waals surface area contributed by atoms with Crippen molar-refractivity contribution in [3.8, 4) is 0 Å². The van der Waals surface area contributed by atoms with Gasteiger partial charge in [-0.1, -0.05) is 24.5 Å². The highest BCUT2D eigenvalue weighted by Gasteiger charge is 2.05. The minimum absolute atomic E-state index is 0.250. The number of carboxylic acids is 1. The molecule has 0 aromatic rings. The molecule has 1 aliphatic rings. The fraction of sp³-hybridized carbons (Fsp3) is 0.700. The summed E-state index contributed by atoms with van der Waals surface area (Å²) in [5, 5.41) is 8.59. The lowest BCUT2D eigenvalue weighted by atomic mass is 9.98. The number of allylic oxidation sites excluding steroid dienone is 1. The van der Waals surface area contributed by atoms with E-state index in [1.807, 2.05) is 0 Å². The van der Waals surface area contributed by atoms with Crippen LogP contribution in [-0.4, -0.2) is 11.1 Å². The highest BCUT2D eigenvalue weighted by molar-refractivity contribution is 5.69. The normalized spacial score (nSPS) is 19.2. The van der Waals surface area contributed by atoms with E-state index >= 15 is 0 Å². The maximum atomic E-state index is 10.4. The number of hydrogen-bond donors (Lipinski definition) is 1. The fourth-order valence-corrected chi connectivity index (χ4v) is 1.61. The minimum Gasteiger partial charge on any atom is -0.481 e. The molecule has 2 heteroatoms. The molecule has 0 saturated carbocycles. The lowest BCUT2D eigenvalue weighted by Gasteiger charge is -2.08. The molecule has 0 spiro atoms. The molecule has 0 atom stereocenters. The van der Waals surface area contributed by atoms with Gasteiger partial charge in [0.15, 0.2) is 0 Å². The number of aliphatic carboxylic acids is 1. The van der Waals surface area contributed by atoms with Gasteiger partial charge in [-0.2, -0.15) is 0 Å². The van der Waals surface area contributed by atoms with Crippen LogP contribution in [0.4, 0.5) is 0 Å². The van der Waals surface area contributed by atoms with Crippen LogP contribution in [0.15, 0.2) is 11.6 Å². The van der Waals surface area contributed by atoms with Crippen LogP contribution in [0.5, 0.6) is 0 Å². The molecule has 12 heavy (non-hydrogen) atoms. The first-order valence-corrected chi connectivity index (χ1v) is 4.69. The predicted octanol–water partition coefficient (Wildman–Crippen LogP) is 2.74. The van der Waals surface area contributed by atoms with Crippen molar-refractivity contribution >= 4 is 5.97 Å². The summed E-state index contributed by atoms with van der Waals surface area (Å²) in [6.45, 7) is 0. The average Bonchev–Trinajstić information content (AvgIpc) is 1.93. The van der Waals surface area contributed by atoms with E-state index in [1.165, 1.54) is 25.7 Å². The third kappa shape index (κ3) is 3.56. The van der Waals surface area contributed by atoms with E-state index in [9.17, 15) is 4.79 Å². The molecular weight excluding hydrogens is 152 g/mol. The van der Waals surface area contributed by atoms with Crippen LogP contribution in [0, 0.1) is 0 Å². The van der Waals surface area contributed by atoms with Crippen molar-refractivity contribution in [3.05, 3.63) is 11.6 Å². The van der Waals surface area contributed by atoms with E-state index in [0.717, 1.165) is 18.4 Å². The SMILES string of the molecule is O=C(O)CC1=CCCCCCC1. The molecular formula is C10H16O2. The molecule has 1 N–H and O–H groups in total. The van der Waals surface area contributed by atoms with Crippen molar-refractivity contribution in [3.63, 3.8) is 0 Å². The Labute approximate surface area is 73.3 Å². The fourth-order valence-electron chi connectivity index (χ4n) is 1.61. The summed E-state index contributed by atoms with van der Waals surface area (Å²) in [4.78, 5) is 10.4. The van der Waals surface area contributed by atoms with E-state index in [2.05, 4.69) is 6.08 Å². The molecule has 2 nitrogen and oxygen atoms in total. The molecule has 0 aromatic carbocycles. The van der Waals surface area contributed by atoms with Gasteiger partial charge in [-0.05, 0) is 25.7 Å². The zero-order valence-electron chi connectivity index (χ0n) is 7.38. The van der Waals surface area contributed by atoms with Crippen molar-refractivity contribution < 1.29 is 9.90 Å². The molecule has 68 valence electrons. The monoisotopic (exact) mass is 168 g/mol. The second-order valence-corrected chi connectivity index (χ2v) is 3.39. The first-order valence-electron chi connectivity index (χ1n) is 4.69. The molecule has 0 unspecified atom stereocenters. The summed E-state index contributed by atoms with van der Waals surface area (Å²) in [6, 6.07) is 0. The molecule has 0 saturated heterocycles. The van der Waals surface area contributed by atoms with Gasteiger partial charge < -0.3 is 5.11 Å². The standard InChI is InChI=1S/C10H16O2/c11-10(12)8-9-6-4-2-1-3-5-7-9/h6H,1-5,7-8H2,(H,11,12). The Morgan fingerprint density at radius 1 is 1.33 bits per heavy atom. The van der Waals surface area contributed by atoms with Crippen LogP contribution in [0.2, 0.25) is 0 Å². The van der Waals surface area contributed by atoms with E-state index in [4.69, 9.17) is 5.11 Å². The van der Waals surface area contributed by atoms with Crippen LogP contribution in [0.25, 0.3) is 0 Å². The first kappa shape index (κ1) is 9.30. The summed E-state index contributed by atoms with van der Waals surface area (Å²) in [5.41, 5.74) is 1.13. The zero-order chi connectivity index (χ0) is 8.81. The second-order valence-electron chi connectivity index (χ2n) is 3.39. The van der Waals surface area contributed by atoms with E-state index in [0.29, 0.717) is 0 Å². The molecule has 0 bridgehead atoms. The molecule has 0 radical (unpaired) electrons. The quantitative estimate of drug-likeness (QED) is 0.644. The number of carbonyl (C=O) groups is 1. The van der Waals surface area contributed by atoms with Crippen molar-refractivity contribution in [2.45, 2.75) is 44.9 Å². The summed E-state index contributed by atoms with van der Waals surface area (Å²) >= 11 is 0. The molecule has 0 aliphatic heterocycles. The van der Waals surface area contributed by atoms with Crippen molar-refractivity contribution in [2.75, 3.05) is 0 Å². The molecule has 0 fully saturated rings. The Kier molecular flexibility index (Phi) is 3.85. The Bertz CT molecular complexity index is 182. The second kappa shape index (κ2) is 4.96. The van der Waals surface area contributed by atoms with Crippen LogP contribution >= 0.6 is 0 Å². The largest absolute Gasteiger partial charge is 0.481 e. The summed E-state index contributed by atoms with van der Waals surface area (Å²) in [6.07, 6.45) is 9.39. The number of rotatable bonds is 2. The van der Waals surface area contributed by atoms with Gasteiger partial charge in [-0.15, -0.1) is 0 Å². The Balaban J connectivity index is 2.41. The first-order chi connectivity index (χ1) is 5.79.